The van der Waals surface area contributed by atoms with Gasteiger partial charge in [0.05, 0.1) is 32.2 Å². The van der Waals surface area contributed by atoms with Gasteiger partial charge in [-0.05, 0) is 55.0 Å². The van der Waals surface area contributed by atoms with E-state index in [1.54, 1.807) is 19.1 Å². The first-order chi connectivity index (χ1) is 17.3. The second-order valence-electron chi connectivity index (χ2n) is 8.78. The molecular formula is C26H32BrCl4N3O3S. The van der Waals surface area contributed by atoms with Crippen LogP contribution in [0.25, 0.3) is 10.9 Å². The number of aryl methyl sites for hydroxylation is 1. The highest BCUT2D eigenvalue weighted by molar-refractivity contribution is 9.10. The molecule has 1 saturated heterocycles. The van der Waals surface area contributed by atoms with Gasteiger partial charge in [0.15, 0.2) is 0 Å². The van der Waals surface area contributed by atoms with Crippen molar-refractivity contribution >= 4 is 92.6 Å². The molecule has 0 spiro atoms. The van der Waals surface area contributed by atoms with Crippen LogP contribution in [-0.2, 0) is 23.6 Å². The molecule has 1 aliphatic rings. The van der Waals surface area contributed by atoms with Gasteiger partial charge >= 0.3 is 5.97 Å². The molecule has 6 nitrogen and oxygen atoms in total. The van der Waals surface area contributed by atoms with E-state index in [1.807, 2.05) is 19.1 Å². The van der Waals surface area contributed by atoms with Crippen LogP contribution in [0.1, 0.15) is 35.5 Å². The largest absolute Gasteiger partial charge is 0.506 e. The Balaban J connectivity index is 0.00000253. The average Bonchev–Trinajstić information content (AvgIpc) is 3.15. The lowest BCUT2D eigenvalue weighted by atomic mass is 10.0. The molecule has 38 heavy (non-hydrogen) atoms. The first kappa shape index (κ1) is 33.4. The van der Waals surface area contributed by atoms with Crippen LogP contribution in [0.3, 0.4) is 0 Å². The lowest BCUT2D eigenvalue weighted by molar-refractivity contribution is 0.0527. The number of rotatable bonds is 8. The Bertz CT molecular complexity index is 1260. The lowest BCUT2D eigenvalue weighted by Gasteiger charge is -2.32. The van der Waals surface area contributed by atoms with E-state index in [0.717, 1.165) is 53.2 Å². The van der Waals surface area contributed by atoms with Gasteiger partial charge in [-0.2, -0.15) is 0 Å². The van der Waals surface area contributed by atoms with Gasteiger partial charge in [-0.3, -0.25) is 4.90 Å². The molecule has 210 valence electrons. The number of esters is 1. The number of halogens is 5. The van der Waals surface area contributed by atoms with Gasteiger partial charge in [-0.1, -0.05) is 29.3 Å². The Morgan fingerprint density at radius 3 is 2.34 bits per heavy atom. The molecule has 1 N–H and O–H groups in total. The van der Waals surface area contributed by atoms with Gasteiger partial charge in [-0.25, -0.2) is 4.79 Å². The van der Waals surface area contributed by atoms with Crippen molar-refractivity contribution in [3.8, 4) is 5.75 Å². The minimum absolute atomic E-state index is 0. The summed E-state index contributed by atoms with van der Waals surface area (Å²) in [7, 11) is 2.11. The molecule has 1 aromatic heterocycles. The third-order valence-corrected chi connectivity index (χ3v) is 9.14. The molecule has 0 atom stereocenters. The van der Waals surface area contributed by atoms with Crippen molar-refractivity contribution in [2.75, 3.05) is 39.8 Å². The van der Waals surface area contributed by atoms with E-state index in [0.29, 0.717) is 38.9 Å². The zero-order valence-electron chi connectivity index (χ0n) is 21.4. The number of phenolic OH excluding ortho intramolecular Hbond substituents is 1. The van der Waals surface area contributed by atoms with Gasteiger partial charge in [-0.15, -0.1) is 36.6 Å². The molecule has 4 rings (SSSR count). The normalized spacial score (nSPS) is 14.3. The summed E-state index contributed by atoms with van der Waals surface area (Å²) in [5.41, 5.74) is 2.94. The number of hydrogen-bond acceptors (Lipinski definition) is 6. The number of likely N-dealkylation sites (N-methyl/N-ethyl adjacent to an activating group) is 1. The molecule has 0 unspecified atom stereocenters. The van der Waals surface area contributed by atoms with E-state index in [9.17, 15) is 9.90 Å². The molecular weight excluding hydrogens is 656 g/mol. The standard InChI is InChI=1S/C26H30BrCl2N3O3S.2ClH/c1-4-32-20-13-17(27)24(33)16(14-31-11-9-30(3)10-12-31)22(20)23(26(34)35-5-2)21(32)15-36-25-18(28)7-6-8-19(25)29;;/h6-8,13,33H,4-5,9-12,14-15H2,1-3H3;2*1H. The quantitative estimate of drug-likeness (QED) is 0.196. The Labute approximate surface area is 258 Å². The molecule has 2 heterocycles. The van der Waals surface area contributed by atoms with E-state index in [-0.39, 0.29) is 37.2 Å². The predicted molar refractivity (Wildman–Crippen MR) is 166 cm³/mol. The van der Waals surface area contributed by atoms with Crippen molar-refractivity contribution in [1.29, 1.82) is 0 Å². The summed E-state index contributed by atoms with van der Waals surface area (Å²) in [6.45, 7) is 8.99. The number of fused-ring (bicyclic) bond motifs is 1. The Hall–Kier alpha value is -0.840. The van der Waals surface area contributed by atoms with Crippen molar-refractivity contribution in [2.24, 2.45) is 0 Å². The zero-order valence-corrected chi connectivity index (χ0v) is 27.0. The fraction of sp³-hybridized carbons (Fsp3) is 0.423. The summed E-state index contributed by atoms with van der Waals surface area (Å²) < 4.78 is 8.26. The van der Waals surface area contributed by atoms with Crippen LogP contribution in [-0.4, -0.2) is 65.3 Å². The number of carbonyl (C=O) groups is 1. The number of piperazine rings is 1. The number of ether oxygens (including phenoxy) is 1. The predicted octanol–water partition coefficient (Wildman–Crippen LogP) is 7.50. The van der Waals surface area contributed by atoms with Crippen molar-refractivity contribution in [2.45, 2.75) is 37.6 Å². The van der Waals surface area contributed by atoms with Crippen molar-refractivity contribution in [1.82, 2.24) is 14.4 Å². The number of thioether (sulfide) groups is 1. The minimum Gasteiger partial charge on any atom is -0.506 e. The van der Waals surface area contributed by atoms with Crippen LogP contribution in [0.5, 0.6) is 5.75 Å². The smallest absolute Gasteiger partial charge is 0.340 e. The highest BCUT2D eigenvalue weighted by atomic mass is 79.9. The Kier molecular flexibility index (Phi) is 12.9. The Morgan fingerprint density at radius 2 is 1.76 bits per heavy atom. The van der Waals surface area contributed by atoms with E-state index in [1.165, 1.54) is 11.8 Å². The Morgan fingerprint density at radius 1 is 1.13 bits per heavy atom. The molecule has 0 bridgehead atoms. The number of aromatic nitrogens is 1. The monoisotopic (exact) mass is 685 g/mol. The number of carbonyl (C=O) groups excluding carboxylic acids is 1. The molecule has 1 aliphatic heterocycles. The van der Waals surface area contributed by atoms with E-state index in [4.69, 9.17) is 27.9 Å². The minimum atomic E-state index is -0.392. The zero-order chi connectivity index (χ0) is 26.0. The summed E-state index contributed by atoms with van der Waals surface area (Å²) in [5.74, 6) is 0.234. The first-order valence-electron chi connectivity index (χ1n) is 12.0. The fourth-order valence-corrected chi connectivity index (χ4v) is 6.85. The van der Waals surface area contributed by atoms with Gasteiger partial charge < -0.3 is 19.3 Å². The third kappa shape index (κ3) is 6.89. The molecule has 0 aliphatic carbocycles. The van der Waals surface area contributed by atoms with Crippen LogP contribution in [0.15, 0.2) is 33.6 Å². The molecule has 0 radical (unpaired) electrons. The number of nitrogens with zero attached hydrogens (tertiary/aromatic N) is 3. The maximum absolute atomic E-state index is 13.4. The summed E-state index contributed by atoms with van der Waals surface area (Å²) in [6.07, 6.45) is 0. The van der Waals surface area contributed by atoms with E-state index < -0.39 is 5.97 Å². The molecule has 3 aromatic rings. The van der Waals surface area contributed by atoms with Gasteiger partial charge in [0.25, 0.3) is 0 Å². The highest BCUT2D eigenvalue weighted by Gasteiger charge is 2.29. The first-order valence-corrected chi connectivity index (χ1v) is 14.5. The summed E-state index contributed by atoms with van der Waals surface area (Å²) in [4.78, 5) is 18.8. The van der Waals surface area contributed by atoms with Gasteiger partial charge in [0.2, 0.25) is 0 Å². The molecule has 0 amide bonds. The molecule has 12 heteroatoms. The molecule has 2 aromatic carbocycles. The maximum Gasteiger partial charge on any atom is 0.340 e. The number of aromatic hydroxyl groups is 1. The van der Waals surface area contributed by atoms with Crippen molar-refractivity contribution in [3.63, 3.8) is 0 Å². The highest BCUT2D eigenvalue weighted by Crippen LogP contribution is 2.43. The summed E-state index contributed by atoms with van der Waals surface area (Å²) in [5, 5.41) is 13.1. The van der Waals surface area contributed by atoms with E-state index >= 15 is 0 Å². The van der Waals surface area contributed by atoms with Crippen LogP contribution < -0.4 is 0 Å². The SMILES string of the molecule is CCOC(=O)c1c(CSc2c(Cl)cccc2Cl)n(CC)c2cc(Br)c(O)c(CN3CCN(C)CC3)c12.Cl.Cl. The second-order valence-corrected chi connectivity index (χ2v) is 11.4. The molecule has 0 saturated carbocycles. The van der Waals surface area contributed by atoms with Crippen molar-refractivity contribution < 1.29 is 14.6 Å². The van der Waals surface area contributed by atoms with Crippen molar-refractivity contribution in [3.05, 3.63) is 55.6 Å². The number of phenols is 1. The van der Waals surface area contributed by atoms with Gasteiger partial charge in [0, 0.05) is 66.6 Å². The number of benzene rings is 2. The van der Waals surface area contributed by atoms with Gasteiger partial charge in [0.1, 0.15) is 5.75 Å². The topological polar surface area (TPSA) is 57.9 Å². The van der Waals surface area contributed by atoms with Crippen LogP contribution in [0.2, 0.25) is 10.0 Å². The fourth-order valence-electron chi connectivity index (χ4n) is 4.67. The average molecular weight is 688 g/mol. The molecule has 1 fully saturated rings. The summed E-state index contributed by atoms with van der Waals surface area (Å²) in [6, 6.07) is 7.31. The third-order valence-electron chi connectivity index (χ3n) is 6.53. The van der Waals surface area contributed by atoms with Crippen LogP contribution in [0.4, 0.5) is 0 Å². The maximum atomic E-state index is 13.4. The number of hydrogen-bond donors (Lipinski definition) is 1. The second kappa shape index (κ2) is 14.7. The van der Waals surface area contributed by atoms with Crippen LogP contribution in [0, 0.1) is 0 Å². The van der Waals surface area contributed by atoms with E-state index in [2.05, 4.69) is 37.3 Å². The van der Waals surface area contributed by atoms with Crippen LogP contribution >= 0.6 is 75.7 Å². The lowest BCUT2D eigenvalue weighted by Crippen LogP contribution is -2.43. The summed E-state index contributed by atoms with van der Waals surface area (Å²) >= 11 is 17.9.